The quantitative estimate of drug-likeness (QED) is 0.906. The second-order valence-corrected chi connectivity index (χ2v) is 6.72. The highest BCUT2D eigenvalue weighted by atomic mass is 32.1. The molecule has 6 nitrogen and oxygen atoms in total. The van der Waals surface area contributed by atoms with Gasteiger partial charge in [-0.25, -0.2) is 14.6 Å². The van der Waals surface area contributed by atoms with Crippen molar-refractivity contribution < 1.29 is 19.4 Å². The van der Waals surface area contributed by atoms with Crippen molar-refractivity contribution in [3.05, 3.63) is 16.6 Å². The monoisotopic (exact) mass is 298 g/mol. The molecular formula is C13H18N2O4S. The third-order valence-electron chi connectivity index (χ3n) is 3.01. The number of aromatic nitrogens is 1. The molecule has 2 heterocycles. The van der Waals surface area contributed by atoms with Crippen LogP contribution in [0.25, 0.3) is 0 Å². The van der Waals surface area contributed by atoms with Crippen molar-refractivity contribution in [1.29, 1.82) is 0 Å². The summed E-state index contributed by atoms with van der Waals surface area (Å²) in [5, 5.41) is 12.0. The minimum Gasteiger partial charge on any atom is -0.480 e. The number of hydrogen-bond donors (Lipinski definition) is 1. The number of carbonyl (C=O) groups excluding carboxylic acids is 1. The van der Waals surface area contributed by atoms with Gasteiger partial charge in [-0.15, -0.1) is 11.3 Å². The SMILES string of the molecule is CC(C)(C)OC(=O)N1C[C@H](c2nccs2)C[C@H]1C(=O)O. The van der Waals surface area contributed by atoms with E-state index >= 15 is 0 Å². The summed E-state index contributed by atoms with van der Waals surface area (Å²) in [5.41, 5.74) is -0.639. The zero-order chi connectivity index (χ0) is 14.9. The average molecular weight is 298 g/mol. The fourth-order valence-electron chi connectivity index (χ4n) is 2.21. The molecule has 1 amide bonds. The molecule has 20 heavy (non-hydrogen) atoms. The molecule has 0 spiro atoms. The van der Waals surface area contributed by atoms with Crippen LogP contribution in [0, 0.1) is 0 Å². The van der Waals surface area contributed by atoms with Gasteiger partial charge in [0.15, 0.2) is 0 Å². The van der Waals surface area contributed by atoms with Crippen molar-refractivity contribution >= 4 is 23.4 Å². The van der Waals surface area contributed by atoms with Gasteiger partial charge in [0, 0.05) is 24.0 Å². The van der Waals surface area contributed by atoms with Crippen LogP contribution in [-0.4, -0.2) is 45.2 Å². The number of rotatable bonds is 2. The standard InChI is InChI=1S/C13H18N2O4S/c1-13(2,3)19-12(18)15-7-8(6-9(15)11(16)17)10-14-4-5-20-10/h4-5,8-9H,6-7H2,1-3H3,(H,16,17)/t8-,9+/m1/s1. The molecule has 1 saturated heterocycles. The molecule has 1 aromatic heterocycles. The third-order valence-corrected chi connectivity index (χ3v) is 3.95. The molecule has 1 aromatic rings. The summed E-state index contributed by atoms with van der Waals surface area (Å²) in [6, 6.07) is -0.848. The molecule has 0 saturated carbocycles. The maximum Gasteiger partial charge on any atom is 0.411 e. The van der Waals surface area contributed by atoms with Crippen LogP contribution in [0.15, 0.2) is 11.6 Å². The second-order valence-electron chi connectivity index (χ2n) is 5.79. The van der Waals surface area contributed by atoms with E-state index in [0.717, 1.165) is 5.01 Å². The van der Waals surface area contributed by atoms with E-state index in [-0.39, 0.29) is 5.92 Å². The number of nitrogens with zero attached hydrogens (tertiary/aromatic N) is 2. The van der Waals surface area contributed by atoms with Crippen molar-refractivity contribution in [3.8, 4) is 0 Å². The molecule has 110 valence electrons. The number of ether oxygens (including phenoxy) is 1. The zero-order valence-corrected chi connectivity index (χ0v) is 12.5. The van der Waals surface area contributed by atoms with Crippen LogP contribution in [0.3, 0.4) is 0 Å². The molecule has 1 N–H and O–H groups in total. The lowest BCUT2D eigenvalue weighted by Gasteiger charge is -2.26. The van der Waals surface area contributed by atoms with Crippen LogP contribution in [0.1, 0.15) is 38.1 Å². The minimum absolute atomic E-state index is 0.0383. The highest BCUT2D eigenvalue weighted by Gasteiger charge is 2.42. The number of carbonyl (C=O) groups is 2. The summed E-state index contributed by atoms with van der Waals surface area (Å²) < 4.78 is 5.27. The lowest BCUT2D eigenvalue weighted by Crippen LogP contribution is -2.43. The molecular weight excluding hydrogens is 280 g/mol. The van der Waals surface area contributed by atoms with Crippen molar-refractivity contribution in [2.75, 3.05) is 6.54 Å². The van der Waals surface area contributed by atoms with Gasteiger partial charge in [-0.2, -0.15) is 0 Å². The van der Waals surface area contributed by atoms with E-state index in [9.17, 15) is 14.7 Å². The molecule has 0 aromatic carbocycles. The van der Waals surface area contributed by atoms with E-state index in [4.69, 9.17) is 4.74 Å². The first-order valence-corrected chi connectivity index (χ1v) is 7.27. The van der Waals surface area contributed by atoms with Gasteiger partial charge >= 0.3 is 12.1 Å². The van der Waals surface area contributed by atoms with Crippen LogP contribution >= 0.6 is 11.3 Å². The molecule has 1 fully saturated rings. The fraction of sp³-hybridized carbons (Fsp3) is 0.615. The maximum atomic E-state index is 12.1. The minimum atomic E-state index is -1.00. The number of aliphatic carboxylic acids is 1. The largest absolute Gasteiger partial charge is 0.480 e. The Balaban J connectivity index is 2.14. The van der Waals surface area contributed by atoms with Crippen LogP contribution in [0.5, 0.6) is 0 Å². The Kier molecular flexibility index (Phi) is 3.99. The van der Waals surface area contributed by atoms with Gasteiger partial charge in [0.2, 0.25) is 0 Å². The number of carboxylic acids is 1. The molecule has 1 aliphatic heterocycles. The van der Waals surface area contributed by atoms with Gasteiger partial charge in [-0.1, -0.05) is 0 Å². The molecule has 1 aliphatic rings. The van der Waals surface area contributed by atoms with E-state index in [1.165, 1.54) is 16.2 Å². The Morgan fingerprint density at radius 3 is 2.70 bits per heavy atom. The molecule has 0 unspecified atom stereocenters. The molecule has 0 aliphatic carbocycles. The predicted molar refractivity (Wildman–Crippen MR) is 73.8 cm³/mol. The first-order chi connectivity index (χ1) is 9.28. The number of carboxylic acid groups (broad SMARTS) is 1. The molecule has 0 bridgehead atoms. The van der Waals surface area contributed by atoms with Crippen molar-refractivity contribution in [2.45, 2.75) is 44.8 Å². The van der Waals surface area contributed by atoms with Crippen molar-refractivity contribution in [2.24, 2.45) is 0 Å². The van der Waals surface area contributed by atoms with Crippen LogP contribution in [0.2, 0.25) is 0 Å². The first-order valence-electron chi connectivity index (χ1n) is 6.40. The number of hydrogen-bond acceptors (Lipinski definition) is 5. The van der Waals surface area contributed by atoms with E-state index in [2.05, 4.69) is 4.98 Å². The van der Waals surface area contributed by atoms with Gasteiger partial charge < -0.3 is 9.84 Å². The lowest BCUT2D eigenvalue weighted by atomic mass is 10.1. The van der Waals surface area contributed by atoms with Crippen molar-refractivity contribution in [3.63, 3.8) is 0 Å². The topological polar surface area (TPSA) is 79.7 Å². The first kappa shape index (κ1) is 14.8. The van der Waals surface area contributed by atoms with Gasteiger partial charge in [-0.05, 0) is 27.2 Å². The highest BCUT2D eigenvalue weighted by Crippen LogP contribution is 2.33. The summed E-state index contributed by atoms with van der Waals surface area (Å²) in [7, 11) is 0. The normalized spacial score (nSPS) is 22.9. The van der Waals surface area contributed by atoms with Gasteiger partial charge in [0.05, 0.1) is 5.01 Å². The molecule has 2 atom stereocenters. The molecule has 0 radical (unpaired) electrons. The van der Waals surface area contributed by atoms with Crippen molar-refractivity contribution in [1.82, 2.24) is 9.88 Å². The second kappa shape index (κ2) is 5.40. The highest BCUT2D eigenvalue weighted by molar-refractivity contribution is 7.09. The third kappa shape index (κ3) is 3.27. The smallest absolute Gasteiger partial charge is 0.411 e. The van der Waals surface area contributed by atoms with E-state index in [0.29, 0.717) is 13.0 Å². The Bertz CT molecular complexity index is 495. The summed E-state index contributed by atoms with van der Waals surface area (Å²) in [4.78, 5) is 28.9. The van der Waals surface area contributed by atoms with Crippen LogP contribution in [-0.2, 0) is 9.53 Å². The average Bonchev–Trinajstić information content (AvgIpc) is 2.95. The fourth-order valence-corrected chi connectivity index (χ4v) is 2.95. The lowest BCUT2D eigenvalue weighted by molar-refractivity contribution is -0.142. The van der Waals surface area contributed by atoms with Gasteiger partial charge in [0.25, 0.3) is 0 Å². The van der Waals surface area contributed by atoms with E-state index < -0.39 is 23.7 Å². The van der Waals surface area contributed by atoms with E-state index in [1.54, 1.807) is 27.0 Å². The number of amides is 1. The Hall–Kier alpha value is -1.63. The summed E-state index contributed by atoms with van der Waals surface area (Å²) in [6.07, 6.45) is 1.48. The van der Waals surface area contributed by atoms with Crippen LogP contribution < -0.4 is 0 Å². The Morgan fingerprint density at radius 2 is 2.20 bits per heavy atom. The molecule has 2 rings (SSSR count). The van der Waals surface area contributed by atoms with Gasteiger partial charge in [0.1, 0.15) is 11.6 Å². The van der Waals surface area contributed by atoms with Gasteiger partial charge in [-0.3, -0.25) is 4.90 Å². The predicted octanol–water partition coefficient (Wildman–Crippen LogP) is 2.32. The summed E-state index contributed by atoms with van der Waals surface area (Å²) in [5.74, 6) is -1.04. The Morgan fingerprint density at radius 1 is 1.50 bits per heavy atom. The number of likely N-dealkylation sites (tertiary alicyclic amines) is 1. The molecule has 7 heteroatoms. The summed E-state index contributed by atoms with van der Waals surface area (Å²) in [6.45, 7) is 5.61. The van der Waals surface area contributed by atoms with Crippen LogP contribution in [0.4, 0.5) is 4.79 Å². The Labute approximate surface area is 121 Å². The maximum absolute atomic E-state index is 12.1. The van der Waals surface area contributed by atoms with E-state index in [1.807, 2.05) is 5.38 Å². The number of thiazole rings is 1. The zero-order valence-electron chi connectivity index (χ0n) is 11.7. The summed E-state index contributed by atoms with van der Waals surface area (Å²) >= 11 is 1.48.